The van der Waals surface area contributed by atoms with E-state index in [1.165, 1.54) is 21.5 Å². The van der Waals surface area contributed by atoms with Gasteiger partial charge in [-0.05, 0) is 33.9 Å². The Labute approximate surface area is 168 Å². The van der Waals surface area contributed by atoms with E-state index in [9.17, 15) is 0 Å². The zero-order valence-corrected chi connectivity index (χ0v) is 16.3. The molecule has 0 saturated heterocycles. The fourth-order valence-corrected chi connectivity index (χ4v) is 4.07. The molecule has 4 aromatic carbocycles. The van der Waals surface area contributed by atoms with E-state index in [-0.39, 0.29) is 0 Å². The molecule has 0 bridgehead atoms. The van der Waals surface area contributed by atoms with Gasteiger partial charge in [0.25, 0.3) is 0 Å². The van der Waals surface area contributed by atoms with Crippen LogP contribution in [0.1, 0.15) is 0 Å². The van der Waals surface area contributed by atoms with Gasteiger partial charge in [0.15, 0.2) is 5.16 Å². The summed E-state index contributed by atoms with van der Waals surface area (Å²) in [6.07, 6.45) is 2.02. The van der Waals surface area contributed by atoms with Crippen LogP contribution in [0.25, 0.3) is 44.1 Å². The predicted molar refractivity (Wildman–Crippen MR) is 120 cm³/mol. The molecular formula is C25H18N2S. The fraction of sp³-hybridized carbons (Fsp3) is 0.0400. The van der Waals surface area contributed by atoms with Crippen LogP contribution in [0.5, 0.6) is 0 Å². The van der Waals surface area contributed by atoms with E-state index in [4.69, 9.17) is 9.97 Å². The standard InChI is InChI=1S/C25H18N2S/c1-28-25-26-23(21-14-6-10-17-8-2-4-12-19(17)21)16-24(27-25)22-15-7-11-18-9-3-5-13-20(18)22/h2-16H,1H3. The van der Waals surface area contributed by atoms with Crippen molar-refractivity contribution in [3.8, 4) is 22.5 Å². The Morgan fingerprint density at radius 1 is 0.571 bits per heavy atom. The number of benzene rings is 4. The highest BCUT2D eigenvalue weighted by molar-refractivity contribution is 7.98. The molecular weight excluding hydrogens is 360 g/mol. The second kappa shape index (κ2) is 7.10. The molecule has 5 aromatic rings. The van der Waals surface area contributed by atoms with Crippen LogP contribution in [0.2, 0.25) is 0 Å². The molecule has 1 heterocycles. The van der Waals surface area contributed by atoms with Gasteiger partial charge in [0, 0.05) is 11.1 Å². The maximum Gasteiger partial charge on any atom is 0.188 e. The molecule has 134 valence electrons. The van der Waals surface area contributed by atoms with E-state index in [2.05, 4.69) is 91.0 Å². The van der Waals surface area contributed by atoms with E-state index in [1.807, 2.05) is 6.26 Å². The van der Waals surface area contributed by atoms with Gasteiger partial charge in [-0.15, -0.1) is 0 Å². The lowest BCUT2D eigenvalue weighted by atomic mass is 9.99. The molecule has 0 unspecified atom stereocenters. The van der Waals surface area contributed by atoms with E-state index in [0.29, 0.717) is 0 Å². The molecule has 0 aliphatic carbocycles. The van der Waals surface area contributed by atoms with Crippen molar-refractivity contribution < 1.29 is 0 Å². The first-order valence-electron chi connectivity index (χ1n) is 9.23. The molecule has 2 nitrogen and oxygen atoms in total. The van der Waals surface area contributed by atoms with Crippen molar-refractivity contribution in [2.45, 2.75) is 5.16 Å². The van der Waals surface area contributed by atoms with Crippen LogP contribution in [0, 0.1) is 0 Å². The average Bonchev–Trinajstić information content (AvgIpc) is 2.78. The van der Waals surface area contributed by atoms with Crippen molar-refractivity contribution in [3.05, 3.63) is 91.0 Å². The van der Waals surface area contributed by atoms with Crippen molar-refractivity contribution in [3.63, 3.8) is 0 Å². The Hall–Kier alpha value is -3.17. The second-order valence-electron chi connectivity index (χ2n) is 6.68. The highest BCUT2D eigenvalue weighted by atomic mass is 32.2. The first kappa shape index (κ1) is 17.0. The normalized spacial score (nSPS) is 11.2. The van der Waals surface area contributed by atoms with Crippen LogP contribution in [-0.2, 0) is 0 Å². The fourth-order valence-electron chi connectivity index (χ4n) is 3.69. The Kier molecular flexibility index (Phi) is 4.30. The minimum atomic E-state index is 0.786. The minimum Gasteiger partial charge on any atom is -0.222 e. The van der Waals surface area contributed by atoms with Gasteiger partial charge < -0.3 is 0 Å². The van der Waals surface area contributed by atoms with Crippen LogP contribution < -0.4 is 0 Å². The molecule has 1 aromatic heterocycles. The van der Waals surface area contributed by atoms with Crippen LogP contribution in [0.3, 0.4) is 0 Å². The van der Waals surface area contributed by atoms with Gasteiger partial charge in [-0.2, -0.15) is 0 Å². The largest absolute Gasteiger partial charge is 0.222 e. The van der Waals surface area contributed by atoms with E-state index >= 15 is 0 Å². The third kappa shape index (κ3) is 2.94. The van der Waals surface area contributed by atoms with E-state index < -0.39 is 0 Å². The van der Waals surface area contributed by atoms with E-state index in [1.54, 1.807) is 11.8 Å². The van der Waals surface area contributed by atoms with Crippen LogP contribution in [0.4, 0.5) is 0 Å². The van der Waals surface area contributed by atoms with Gasteiger partial charge in [-0.1, -0.05) is 96.7 Å². The summed E-state index contributed by atoms with van der Waals surface area (Å²) in [5.41, 5.74) is 4.19. The van der Waals surface area contributed by atoms with Crippen LogP contribution in [0.15, 0.2) is 96.2 Å². The molecule has 28 heavy (non-hydrogen) atoms. The zero-order chi connectivity index (χ0) is 18.9. The summed E-state index contributed by atoms with van der Waals surface area (Å²) in [4.78, 5) is 9.66. The Morgan fingerprint density at radius 2 is 1.04 bits per heavy atom. The highest BCUT2D eigenvalue weighted by Gasteiger charge is 2.12. The summed E-state index contributed by atoms with van der Waals surface area (Å²) in [5.74, 6) is 0. The number of rotatable bonds is 3. The summed E-state index contributed by atoms with van der Waals surface area (Å²) in [6, 6.07) is 31.7. The van der Waals surface area contributed by atoms with Gasteiger partial charge in [0.1, 0.15) is 0 Å². The van der Waals surface area contributed by atoms with Crippen molar-refractivity contribution in [2.24, 2.45) is 0 Å². The van der Waals surface area contributed by atoms with Gasteiger partial charge in [-0.3, -0.25) is 0 Å². The lowest BCUT2D eigenvalue weighted by molar-refractivity contribution is 0.984. The van der Waals surface area contributed by atoms with Crippen molar-refractivity contribution in [1.29, 1.82) is 0 Å². The SMILES string of the molecule is CSc1nc(-c2cccc3ccccc23)cc(-c2cccc3ccccc23)n1. The second-order valence-corrected chi connectivity index (χ2v) is 7.45. The van der Waals surface area contributed by atoms with Crippen LogP contribution >= 0.6 is 11.8 Å². The van der Waals surface area contributed by atoms with Gasteiger partial charge in [0.05, 0.1) is 11.4 Å². The monoisotopic (exact) mass is 378 g/mol. The summed E-state index contributed by atoms with van der Waals surface area (Å²) in [6.45, 7) is 0. The minimum absolute atomic E-state index is 0.786. The topological polar surface area (TPSA) is 25.8 Å². The smallest absolute Gasteiger partial charge is 0.188 e. The molecule has 0 aliphatic rings. The maximum absolute atomic E-state index is 4.83. The quantitative estimate of drug-likeness (QED) is 0.254. The lowest BCUT2D eigenvalue weighted by Gasteiger charge is -2.11. The molecule has 0 aliphatic heterocycles. The molecule has 0 spiro atoms. The number of fused-ring (bicyclic) bond motifs is 2. The van der Waals surface area contributed by atoms with E-state index in [0.717, 1.165) is 27.7 Å². The van der Waals surface area contributed by atoms with Crippen molar-refractivity contribution in [2.75, 3.05) is 6.26 Å². The Morgan fingerprint density at radius 3 is 1.54 bits per heavy atom. The van der Waals surface area contributed by atoms with Crippen molar-refractivity contribution in [1.82, 2.24) is 9.97 Å². The Bertz CT molecular complexity index is 1200. The highest BCUT2D eigenvalue weighted by Crippen LogP contribution is 2.33. The van der Waals surface area contributed by atoms with Crippen LogP contribution in [-0.4, -0.2) is 16.2 Å². The summed E-state index contributed by atoms with van der Waals surface area (Å²) < 4.78 is 0. The Balaban J connectivity index is 1.77. The van der Waals surface area contributed by atoms with Crippen molar-refractivity contribution >= 4 is 33.3 Å². The summed E-state index contributed by atoms with van der Waals surface area (Å²) >= 11 is 1.58. The van der Waals surface area contributed by atoms with Gasteiger partial charge in [-0.25, -0.2) is 9.97 Å². The molecule has 3 heteroatoms. The molecule has 5 rings (SSSR count). The number of hydrogen-bond acceptors (Lipinski definition) is 3. The first-order chi connectivity index (χ1) is 13.8. The number of hydrogen-bond donors (Lipinski definition) is 0. The third-order valence-electron chi connectivity index (χ3n) is 5.02. The molecule has 0 amide bonds. The number of aromatic nitrogens is 2. The molecule has 0 radical (unpaired) electrons. The van der Waals surface area contributed by atoms with Gasteiger partial charge >= 0.3 is 0 Å². The number of nitrogens with zero attached hydrogens (tertiary/aromatic N) is 2. The molecule has 0 atom stereocenters. The third-order valence-corrected chi connectivity index (χ3v) is 5.57. The molecule has 0 N–H and O–H groups in total. The lowest BCUT2D eigenvalue weighted by Crippen LogP contribution is -1.95. The summed E-state index contributed by atoms with van der Waals surface area (Å²) in [7, 11) is 0. The summed E-state index contributed by atoms with van der Waals surface area (Å²) in [5, 5.41) is 5.64. The molecule has 0 fully saturated rings. The zero-order valence-electron chi connectivity index (χ0n) is 15.5. The maximum atomic E-state index is 4.83. The molecule has 0 saturated carbocycles. The number of thioether (sulfide) groups is 1. The first-order valence-corrected chi connectivity index (χ1v) is 10.5. The average molecular weight is 379 g/mol. The predicted octanol–water partition coefficient (Wildman–Crippen LogP) is 6.84. The van der Waals surface area contributed by atoms with Gasteiger partial charge in [0.2, 0.25) is 0 Å².